The fraction of sp³-hybridized carbons (Fsp3) is 0.556. The Balaban J connectivity index is 1.52. The summed E-state index contributed by atoms with van der Waals surface area (Å²) in [6.07, 6.45) is 5.24. The lowest BCUT2D eigenvalue weighted by molar-refractivity contribution is -0.148. The van der Waals surface area contributed by atoms with Crippen LogP contribution in [0.2, 0.25) is 0 Å². The van der Waals surface area contributed by atoms with Gasteiger partial charge in [0.2, 0.25) is 5.91 Å². The molecule has 0 bridgehead atoms. The van der Waals surface area contributed by atoms with E-state index in [9.17, 15) is 14.4 Å². The maximum absolute atomic E-state index is 12.4. The van der Waals surface area contributed by atoms with Gasteiger partial charge in [-0.1, -0.05) is 0 Å². The maximum atomic E-state index is 12.4. The average Bonchev–Trinajstić information content (AvgIpc) is 3.40. The molecule has 1 aromatic heterocycles. The topological polar surface area (TPSA) is 87.5 Å². The second-order valence-electron chi connectivity index (χ2n) is 6.91. The minimum absolute atomic E-state index is 0.0952. The lowest BCUT2D eigenvalue weighted by Gasteiger charge is -2.33. The SMILES string of the molecule is Cc1nn(C)c(C)c1/C=C/C(=O)N1CCN(C(=O)C(=O)NC2CC2)CC1. The third kappa shape index (κ3) is 3.95. The van der Waals surface area contributed by atoms with Crippen LogP contribution in [-0.2, 0) is 21.4 Å². The van der Waals surface area contributed by atoms with Gasteiger partial charge in [0.15, 0.2) is 0 Å². The molecule has 0 atom stereocenters. The first-order valence-corrected chi connectivity index (χ1v) is 8.93. The molecule has 0 spiro atoms. The molecule has 1 aromatic rings. The number of carbonyl (C=O) groups excluding carboxylic acids is 3. The van der Waals surface area contributed by atoms with Crippen LogP contribution < -0.4 is 5.32 Å². The Morgan fingerprint density at radius 1 is 1.08 bits per heavy atom. The highest BCUT2D eigenvalue weighted by atomic mass is 16.2. The van der Waals surface area contributed by atoms with Crippen LogP contribution >= 0.6 is 0 Å². The minimum Gasteiger partial charge on any atom is -0.345 e. The lowest BCUT2D eigenvalue weighted by atomic mass is 10.2. The number of nitrogens with zero attached hydrogens (tertiary/aromatic N) is 4. The fourth-order valence-corrected chi connectivity index (χ4v) is 3.04. The highest BCUT2D eigenvalue weighted by Crippen LogP contribution is 2.18. The van der Waals surface area contributed by atoms with Crippen molar-refractivity contribution in [2.24, 2.45) is 7.05 Å². The van der Waals surface area contributed by atoms with E-state index >= 15 is 0 Å². The van der Waals surface area contributed by atoms with Gasteiger partial charge in [0, 0.05) is 56.6 Å². The predicted octanol–water partition coefficient (Wildman–Crippen LogP) is -0.000460. The van der Waals surface area contributed by atoms with Gasteiger partial charge in [-0.15, -0.1) is 0 Å². The number of carbonyl (C=O) groups is 3. The Kier molecular flexibility index (Phi) is 5.11. The first-order valence-electron chi connectivity index (χ1n) is 8.93. The molecule has 1 aliphatic heterocycles. The van der Waals surface area contributed by atoms with Crippen molar-refractivity contribution < 1.29 is 14.4 Å². The summed E-state index contributed by atoms with van der Waals surface area (Å²) in [7, 11) is 1.87. The first-order chi connectivity index (χ1) is 12.4. The number of amides is 3. The maximum Gasteiger partial charge on any atom is 0.312 e. The smallest absolute Gasteiger partial charge is 0.312 e. The molecule has 1 saturated heterocycles. The molecule has 3 amide bonds. The van der Waals surface area contributed by atoms with E-state index in [4.69, 9.17) is 0 Å². The van der Waals surface area contributed by atoms with Gasteiger partial charge < -0.3 is 15.1 Å². The van der Waals surface area contributed by atoms with Crippen LogP contribution in [0.15, 0.2) is 6.08 Å². The van der Waals surface area contributed by atoms with Crippen molar-refractivity contribution in [3.05, 3.63) is 23.0 Å². The van der Waals surface area contributed by atoms with Gasteiger partial charge in [0.05, 0.1) is 5.69 Å². The largest absolute Gasteiger partial charge is 0.345 e. The molecule has 1 aliphatic carbocycles. The lowest BCUT2D eigenvalue weighted by Crippen LogP contribution is -2.53. The fourth-order valence-electron chi connectivity index (χ4n) is 3.04. The van der Waals surface area contributed by atoms with Crippen LogP contribution in [0.5, 0.6) is 0 Å². The number of rotatable bonds is 3. The quantitative estimate of drug-likeness (QED) is 0.608. The number of aryl methyl sites for hydroxylation is 2. The second-order valence-corrected chi connectivity index (χ2v) is 6.91. The molecular formula is C18H25N5O3. The molecule has 8 heteroatoms. The van der Waals surface area contributed by atoms with E-state index in [2.05, 4.69) is 10.4 Å². The summed E-state index contributed by atoms with van der Waals surface area (Å²) in [5.41, 5.74) is 2.83. The number of piperazine rings is 1. The molecule has 2 heterocycles. The zero-order valence-corrected chi connectivity index (χ0v) is 15.5. The molecular weight excluding hydrogens is 334 g/mol. The molecule has 0 radical (unpaired) electrons. The van der Waals surface area contributed by atoms with E-state index in [1.165, 1.54) is 4.90 Å². The molecule has 8 nitrogen and oxygen atoms in total. The van der Waals surface area contributed by atoms with E-state index in [1.54, 1.807) is 21.7 Å². The summed E-state index contributed by atoms with van der Waals surface area (Å²) < 4.78 is 1.79. The molecule has 26 heavy (non-hydrogen) atoms. The first kappa shape index (κ1) is 18.2. The van der Waals surface area contributed by atoms with Gasteiger partial charge in [-0.05, 0) is 32.8 Å². The van der Waals surface area contributed by atoms with Crippen molar-refractivity contribution in [3.63, 3.8) is 0 Å². The summed E-state index contributed by atoms with van der Waals surface area (Å²) in [5.74, 6) is -1.13. The van der Waals surface area contributed by atoms with Gasteiger partial charge in [-0.3, -0.25) is 19.1 Å². The Morgan fingerprint density at radius 3 is 2.23 bits per heavy atom. The van der Waals surface area contributed by atoms with Crippen molar-refractivity contribution in [1.29, 1.82) is 0 Å². The van der Waals surface area contributed by atoms with Crippen LogP contribution in [0.25, 0.3) is 6.08 Å². The zero-order chi connectivity index (χ0) is 18.8. The molecule has 140 valence electrons. The predicted molar refractivity (Wildman–Crippen MR) is 96.0 cm³/mol. The highest BCUT2D eigenvalue weighted by Gasteiger charge is 2.31. The highest BCUT2D eigenvalue weighted by molar-refractivity contribution is 6.35. The molecule has 0 aromatic carbocycles. The third-order valence-electron chi connectivity index (χ3n) is 4.94. The van der Waals surface area contributed by atoms with Crippen LogP contribution in [0.1, 0.15) is 29.8 Å². The minimum atomic E-state index is -0.533. The molecule has 2 fully saturated rings. The summed E-state index contributed by atoms with van der Waals surface area (Å²) in [5, 5.41) is 7.04. The standard InChI is InChI=1S/C18H25N5O3/c1-12-15(13(2)21(3)20-12)6-7-16(24)22-8-10-23(11-9-22)18(26)17(25)19-14-4-5-14/h6-7,14H,4-5,8-11H2,1-3H3,(H,19,25)/b7-6+. The van der Waals surface area contributed by atoms with E-state index < -0.39 is 11.8 Å². The van der Waals surface area contributed by atoms with Crippen molar-refractivity contribution in [2.45, 2.75) is 32.7 Å². The van der Waals surface area contributed by atoms with Crippen LogP contribution in [-0.4, -0.2) is 69.5 Å². The third-order valence-corrected chi connectivity index (χ3v) is 4.94. The van der Waals surface area contributed by atoms with E-state index in [0.29, 0.717) is 26.2 Å². The normalized spacial score (nSPS) is 17.7. The second kappa shape index (κ2) is 7.31. The van der Waals surface area contributed by atoms with Gasteiger partial charge in [-0.2, -0.15) is 5.10 Å². The number of hydrogen-bond donors (Lipinski definition) is 1. The van der Waals surface area contributed by atoms with Gasteiger partial charge >= 0.3 is 11.8 Å². The molecule has 1 N–H and O–H groups in total. The Bertz CT molecular complexity index is 755. The number of nitrogens with one attached hydrogen (secondary N) is 1. The Morgan fingerprint density at radius 2 is 1.69 bits per heavy atom. The monoisotopic (exact) mass is 359 g/mol. The van der Waals surface area contributed by atoms with Gasteiger partial charge in [0.1, 0.15) is 0 Å². The number of aromatic nitrogens is 2. The van der Waals surface area contributed by atoms with E-state index in [-0.39, 0.29) is 11.9 Å². The molecule has 3 rings (SSSR count). The van der Waals surface area contributed by atoms with Gasteiger partial charge in [-0.25, -0.2) is 0 Å². The van der Waals surface area contributed by atoms with Crippen molar-refractivity contribution in [1.82, 2.24) is 24.9 Å². The summed E-state index contributed by atoms with van der Waals surface area (Å²) in [6, 6.07) is 0.166. The molecule has 2 aliphatic rings. The molecule has 0 unspecified atom stereocenters. The van der Waals surface area contributed by atoms with Crippen LogP contribution in [0.3, 0.4) is 0 Å². The van der Waals surface area contributed by atoms with Crippen LogP contribution in [0, 0.1) is 13.8 Å². The van der Waals surface area contributed by atoms with Crippen molar-refractivity contribution in [2.75, 3.05) is 26.2 Å². The summed E-state index contributed by atoms with van der Waals surface area (Å²) in [6.45, 7) is 5.48. The number of hydrogen-bond acceptors (Lipinski definition) is 4. The summed E-state index contributed by atoms with van der Waals surface area (Å²) >= 11 is 0. The van der Waals surface area contributed by atoms with E-state index in [0.717, 1.165) is 29.8 Å². The van der Waals surface area contributed by atoms with Gasteiger partial charge in [0.25, 0.3) is 0 Å². The molecule has 1 saturated carbocycles. The zero-order valence-electron chi connectivity index (χ0n) is 15.5. The van der Waals surface area contributed by atoms with Crippen molar-refractivity contribution in [3.8, 4) is 0 Å². The average molecular weight is 359 g/mol. The van der Waals surface area contributed by atoms with Crippen LogP contribution in [0.4, 0.5) is 0 Å². The van der Waals surface area contributed by atoms with Crippen molar-refractivity contribution >= 4 is 23.8 Å². The Hall–Kier alpha value is -2.64. The summed E-state index contributed by atoms with van der Waals surface area (Å²) in [4.78, 5) is 39.5. The van der Waals surface area contributed by atoms with E-state index in [1.807, 2.05) is 20.9 Å². The Labute approximate surface area is 152 Å².